The third kappa shape index (κ3) is 5.25. The number of aromatic nitrogens is 2. The second-order valence-corrected chi connectivity index (χ2v) is 12.7. The molecule has 1 aromatic heterocycles. The minimum absolute atomic E-state index is 0.0454. The first-order valence-electron chi connectivity index (χ1n) is 12.5. The van der Waals surface area contributed by atoms with Crippen LogP contribution in [0.25, 0.3) is 0 Å². The number of piperazine rings is 1. The first kappa shape index (κ1) is 28.5. The highest BCUT2D eigenvalue weighted by atomic mass is 32.2. The van der Waals surface area contributed by atoms with Gasteiger partial charge >= 0.3 is 6.18 Å². The molecule has 15 heteroatoms. The summed E-state index contributed by atoms with van der Waals surface area (Å²) in [4.78, 5) is 12.6. The second kappa shape index (κ2) is 10.4. The Kier molecular flexibility index (Phi) is 7.63. The molecule has 39 heavy (non-hydrogen) atoms. The molecule has 214 valence electrons. The molecule has 0 saturated carbocycles. The maximum Gasteiger partial charge on any atom is 0.421 e. The van der Waals surface area contributed by atoms with Gasteiger partial charge < -0.3 is 19.8 Å². The summed E-state index contributed by atoms with van der Waals surface area (Å²) in [6.07, 6.45) is -3.08. The summed E-state index contributed by atoms with van der Waals surface area (Å²) in [6.45, 7) is 2.10. The third-order valence-electron chi connectivity index (χ3n) is 7.81. The van der Waals surface area contributed by atoms with E-state index in [4.69, 9.17) is 4.74 Å². The molecule has 3 saturated heterocycles. The molecule has 4 unspecified atom stereocenters. The highest BCUT2D eigenvalue weighted by molar-refractivity contribution is 7.90. The summed E-state index contributed by atoms with van der Waals surface area (Å²) < 4.78 is 74.0. The molecule has 10 nitrogen and oxygen atoms in total. The molecule has 0 spiro atoms. The zero-order chi connectivity index (χ0) is 28.2. The number of benzene rings is 1. The van der Waals surface area contributed by atoms with Crippen LogP contribution in [0.3, 0.4) is 0 Å². The molecule has 3 aliphatic rings. The van der Waals surface area contributed by atoms with Gasteiger partial charge in [0.1, 0.15) is 0 Å². The maximum atomic E-state index is 13.6. The Balaban J connectivity index is 1.44. The van der Waals surface area contributed by atoms with E-state index in [1.54, 1.807) is 23.1 Å². The topological polar surface area (TPSA) is 119 Å². The van der Waals surface area contributed by atoms with Crippen molar-refractivity contribution >= 4 is 28.6 Å². The van der Waals surface area contributed by atoms with Gasteiger partial charge in [-0.3, -0.25) is 4.90 Å². The third-order valence-corrected chi connectivity index (χ3v) is 10.3. The average molecular weight is 590 g/mol. The molecule has 3 aliphatic heterocycles. The SMILES string of the molecule is CC(O)(c1cnc(N2CCN(S(=O)(=O)c3ccccc3S)C[C@@H]2CN2C3COCC2C(O)C3)nc1)C(F)(F)F. The van der Waals surface area contributed by atoms with Crippen LogP contribution in [0.4, 0.5) is 19.1 Å². The van der Waals surface area contributed by atoms with Crippen molar-refractivity contribution in [1.29, 1.82) is 0 Å². The lowest BCUT2D eigenvalue weighted by molar-refractivity contribution is -0.259. The summed E-state index contributed by atoms with van der Waals surface area (Å²) in [5.41, 5.74) is -3.63. The van der Waals surface area contributed by atoms with Crippen LogP contribution in [0.1, 0.15) is 18.9 Å². The number of fused-ring (bicyclic) bond motifs is 2. The Morgan fingerprint density at radius 1 is 1.15 bits per heavy atom. The zero-order valence-corrected chi connectivity index (χ0v) is 22.8. The lowest BCUT2D eigenvalue weighted by Crippen LogP contribution is -2.61. The van der Waals surface area contributed by atoms with Crippen molar-refractivity contribution < 1.29 is 36.5 Å². The Morgan fingerprint density at radius 3 is 2.49 bits per heavy atom. The Labute approximate surface area is 229 Å². The van der Waals surface area contributed by atoms with Gasteiger partial charge in [-0.1, -0.05) is 12.1 Å². The number of thiol groups is 1. The lowest BCUT2D eigenvalue weighted by atomic mass is 9.99. The molecular formula is C24H30F3N5O5S2. The van der Waals surface area contributed by atoms with Crippen molar-refractivity contribution in [3.05, 3.63) is 42.2 Å². The molecule has 2 aromatic rings. The lowest BCUT2D eigenvalue weighted by Gasteiger charge is -2.45. The normalized spacial score (nSPS) is 28.4. The van der Waals surface area contributed by atoms with Crippen LogP contribution >= 0.6 is 12.6 Å². The molecule has 0 radical (unpaired) electrons. The Bertz CT molecular complexity index is 1300. The highest BCUT2D eigenvalue weighted by Gasteiger charge is 2.52. The van der Waals surface area contributed by atoms with Gasteiger partial charge in [0.2, 0.25) is 16.0 Å². The summed E-state index contributed by atoms with van der Waals surface area (Å²) in [5, 5.41) is 20.5. The number of aliphatic hydroxyl groups excluding tert-OH is 1. The Hall–Kier alpha value is -2.01. The van der Waals surface area contributed by atoms with Crippen molar-refractivity contribution in [2.45, 2.75) is 59.1 Å². The monoisotopic (exact) mass is 589 g/mol. The molecule has 4 heterocycles. The number of morpholine rings is 1. The van der Waals surface area contributed by atoms with Crippen LogP contribution in [-0.4, -0.2) is 108 Å². The first-order chi connectivity index (χ1) is 18.3. The predicted molar refractivity (Wildman–Crippen MR) is 137 cm³/mol. The molecule has 2 N–H and O–H groups in total. The van der Waals surface area contributed by atoms with E-state index in [1.807, 2.05) is 0 Å². The van der Waals surface area contributed by atoms with E-state index in [-0.39, 0.29) is 42.6 Å². The second-order valence-electron chi connectivity index (χ2n) is 10.3. The number of aliphatic hydroxyl groups is 2. The minimum Gasteiger partial charge on any atom is -0.391 e. The quantitative estimate of drug-likeness (QED) is 0.428. The van der Waals surface area contributed by atoms with E-state index >= 15 is 0 Å². The fourth-order valence-electron chi connectivity index (χ4n) is 5.45. The molecule has 1 aromatic carbocycles. The number of anilines is 1. The standard InChI is InChI=1S/C24H30F3N5O5S2/c1-23(34,24(25,26)27)15-9-28-22(29-10-15)31-7-6-30(39(35,36)21-5-3-2-4-20(21)38)11-17(31)12-32-16-8-19(33)18(32)14-37-13-16/h2-5,9-10,16-19,33-34,38H,6-8,11-14H2,1H3/t16?,17-,18?,19?,23?/m1/s1. The molecule has 5 atom stereocenters. The smallest absolute Gasteiger partial charge is 0.391 e. The molecule has 0 amide bonds. The van der Waals surface area contributed by atoms with E-state index in [0.29, 0.717) is 38.0 Å². The predicted octanol–water partition coefficient (Wildman–Crippen LogP) is 1.25. The average Bonchev–Trinajstić information content (AvgIpc) is 3.04. The maximum absolute atomic E-state index is 13.6. The summed E-state index contributed by atoms with van der Waals surface area (Å²) in [5.74, 6) is 0.120. The van der Waals surface area contributed by atoms with E-state index in [0.717, 1.165) is 12.4 Å². The van der Waals surface area contributed by atoms with Gasteiger partial charge in [-0.25, -0.2) is 18.4 Å². The van der Waals surface area contributed by atoms with Gasteiger partial charge in [-0.05, 0) is 25.5 Å². The van der Waals surface area contributed by atoms with Crippen molar-refractivity contribution in [3.8, 4) is 0 Å². The number of sulfonamides is 1. The number of nitrogens with zero attached hydrogens (tertiary/aromatic N) is 5. The van der Waals surface area contributed by atoms with Crippen LogP contribution in [0.2, 0.25) is 0 Å². The highest BCUT2D eigenvalue weighted by Crippen LogP contribution is 2.38. The van der Waals surface area contributed by atoms with Crippen molar-refractivity contribution in [3.63, 3.8) is 0 Å². The van der Waals surface area contributed by atoms with Crippen molar-refractivity contribution in [1.82, 2.24) is 19.2 Å². The van der Waals surface area contributed by atoms with Gasteiger partial charge in [0.05, 0.1) is 36.3 Å². The largest absolute Gasteiger partial charge is 0.421 e. The minimum atomic E-state index is -4.92. The van der Waals surface area contributed by atoms with Crippen LogP contribution < -0.4 is 4.90 Å². The van der Waals surface area contributed by atoms with Crippen molar-refractivity contribution in [2.75, 3.05) is 44.3 Å². The fraction of sp³-hybridized carbons (Fsp3) is 0.583. The van der Waals surface area contributed by atoms with E-state index in [2.05, 4.69) is 27.5 Å². The molecule has 0 aliphatic carbocycles. The molecular weight excluding hydrogens is 559 g/mol. The van der Waals surface area contributed by atoms with Crippen LogP contribution in [0.15, 0.2) is 46.5 Å². The zero-order valence-electron chi connectivity index (χ0n) is 21.1. The summed E-state index contributed by atoms with van der Waals surface area (Å²) in [6, 6.07) is 5.63. The van der Waals surface area contributed by atoms with Crippen LogP contribution in [-0.2, 0) is 20.4 Å². The molecule has 5 rings (SSSR count). The first-order valence-corrected chi connectivity index (χ1v) is 14.4. The van der Waals surface area contributed by atoms with Gasteiger partial charge in [-0.2, -0.15) is 17.5 Å². The molecule has 3 fully saturated rings. The number of ether oxygens (including phenoxy) is 1. The van der Waals surface area contributed by atoms with Gasteiger partial charge in [-0.15, -0.1) is 12.6 Å². The number of hydrogen-bond donors (Lipinski definition) is 3. The number of rotatable bonds is 6. The summed E-state index contributed by atoms with van der Waals surface area (Å²) >= 11 is 4.32. The van der Waals surface area contributed by atoms with E-state index in [9.17, 15) is 31.8 Å². The van der Waals surface area contributed by atoms with E-state index < -0.39 is 39.5 Å². The van der Waals surface area contributed by atoms with Gasteiger partial charge in [0.25, 0.3) is 0 Å². The fourth-order valence-corrected chi connectivity index (χ4v) is 7.51. The van der Waals surface area contributed by atoms with Crippen LogP contribution in [0, 0.1) is 0 Å². The molecule has 2 bridgehead atoms. The van der Waals surface area contributed by atoms with Crippen LogP contribution in [0.5, 0.6) is 0 Å². The summed E-state index contributed by atoms with van der Waals surface area (Å²) in [7, 11) is -3.90. The Morgan fingerprint density at radius 2 is 1.85 bits per heavy atom. The van der Waals surface area contributed by atoms with Gasteiger partial charge in [0, 0.05) is 55.1 Å². The van der Waals surface area contributed by atoms with E-state index in [1.165, 1.54) is 10.4 Å². The number of halogens is 3. The van der Waals surface area contributed by atoms with Gasteiger partial charge in [0.15, 0.2) is 5.60 Å². The van der Waals surface area contributed by atoms with Crippen molar-refractivity contribution in [2.24, 2.45) is 0 Å². The number of hydrogen-bond acceptors (Lipinski definition) is 10. The number of alkyl halides is 3.